The Hall–Kier alpha value is -1.86. The molecular formula is C10H10N2O2. The molecule has 14 heavy (non-hydrogen) atoms. The topological polar surface area (TPSA) is 76.2 Å². The Morgan fingerprint density at radius 1 is 1.71 bits per heavy atom. The number of aromatic carboxylic acids is 1. The van der Waals surface area contributed by atoms with Gasteiger partial charge in [0.2, 0.25) is 0 Å². The second-order valence-corrected chi connectivity index (χ2v) is 2.72. The van der Waals surface area contributed by atoms with Crippen LogP contribution < -0.4 is 5.73 Å². The van der Waals surface area contributed by atoms with Crippen LogP contribution in [0.25, 0.3) is 0 Å². The third-order valence-electron chi connectivity index (χ3n) is 1.55. The molecule has 72 valence electrons. The van der Waals surface area contributed by atoms with E-state index < -0.39 is 5.97 Å². The molecule has 4 heteroatoms. The molecule has 4 nitrogen and oxygen atoms in total. The van der Waals surface area contributed by atoms with Crippen molar-refractivity contribution in [1.29, 1.82) is 0 Å². The molecule has 0 aromatic carbocycles. The highest BCUT2D eigenvalue weighted by atomic mass is 16.4. The summed E-state index contributed by atoms with van der Waals surface area (Å²) in [6, 6.07) is 1.68. The first-order chi connectivity index (χ1) is 6.65. The first-order valence-electron chi connectivity index (χ1n) is 4.04. The molecule has 0 saturated carbocycles. The lowest BCUT2D eigenvalue weighted by atomic mass is 10.1. The molecule has 0 aliphatic rings. The summed E-state index contributed by atoms with van der Waals surface area (Å²) in [5.41, 5.74) is 6.45. The van der Waals surface area contributed by atoms with Gasteiger partial charge in [-0.2, -0.15) is 0 Å². The van der Waals surface area contributed by atoms with E-state index in [0.717, 1.165) is 5.56 Å². The van der Waals surface area contributed by atoms with Gasteiger partial charge in [0.1, 0.15) is 0 Å². The lowest BCUT2D eigenvalue weighted by Crippen LogP contribution is -2.04. The van der Waals surface area contributed by atoms with E-state index in [-0.39, 0.29) is 12.2 Å². The Morgan fingerprint density at radius 2 is 2.43 bits per heavy atom. The maximum atomic E-state index is 10.7. The van der Waals surface area contributed by atoms with Crippen LogP contribution in [0.3, 0.4) is 0 Å². The van der Waals surface area contributed by atoms with Gasteiger partial charge >= 0.3 is 5.97 Å². The maximum absolute atomic E-state index is 10.7. The third kappa shape index (κ3) is 2.31. The Balaban J connectivity index is 3.22. The third-order valence-corrected chi connectivity index (χ3v) is 1.55. The van der Waals surface area contributed by atoms with Crippen molar-refractivity contribution in [1.82, 2.24) is 4.98 Å². The van der Waals surface area contributed by atoms with Crippen LogP contribution >= 0.6 is 0 Å². The molecule has 0 spiro atoms. The molecule has 0 bridgehead atoms. The summed E-state index contributed by atoms with van der Waals surface area (Å²) >= 11 is 0. The Morgan fingerprint density at radius 3 is 3.00 bits per heavy atom. The van der Waals surface area contributed by atoms with Gasteiger partial charge in [-0.3, -0.25) is 0 Å². The summed E-state index contributed by atoms with van der Waals surface area (Å²) in [5.74, 6) is 4.20. The van der Waals surface area contributed by atoms with Crippen molar-refractivity contribution < 1.29 is 9.90 Å². The van der Waals surface area contributed by atoms with Gasteiger partial charge in [0, 0.05) is 6.20 Å². The molecule has 0 fully saturated rings. The van der Waals surface area contributed by atoms with Crippen molar-refractivity contribution in [3.05, 3.63) is 29.1 Å². The number of nitrogens with zero attached hydrogens (tertiary/aromatic N) is 1. The van der Waals surface area contributed by atoms with Crippen molar-refractivity contribution in [2.75, 3.05) is 6.54 Å². The SMILES string of the molecule is Cc1cnc(C(=O)O)c(C#CCN)c1. The predicted octanol–water partition coefficient (Wildman–Crippen LogP) is 0.398. The number of hydrogen-bond donors (Lipinski definition) is 2. The Labute approximate surface area is 81.8 Å². The van der Waals surface area contributed by atoms with E-state index in [1.54, 1.807) is 6.07 Å². The van der Waals surface area contributed by atoms with Crippen LogP contribution in [-0.2, 0) is 0 Å². The minimum absolute atomic E-state index is 0.0310. The van der Waals surface area contributed by atoms with Gasteiger partial charge in [-0.05, 0) is 18.6 Å². The van der Waals surface area contributed by atoms with Crippen LogP contribution in [0.15, 0.2) is 12.3 Å². The average molecular weight is 190 g/mol. The smallest absolute Gasteiger partial charge is 0.355 e. The van der Waals surface area contributed by atoms with E-state index >= 15 is 0 Å². The summed E-state index contributed by atoms with van der Waals surface area (Å²) in [5, 5.41) is 8.79. The number of pyridine rings is 1. The maximum Gasteiger partial charge on any atom is 0.355 e. The zero-order valence-electron chi connectivity index (χ0n) is 7.74. The molecule has 1 rings (SSSR count). The summed E-state index contributed by atoms with van der Waals surface area (Å²) < 4.78 is 0. The molecule has 0 amide bonds. The van der Waals surface area contributed by atoms with Crippen LogP contribution in [0.2, 0.25) is 0 Å². The zero-order valence-corrected chi connectivity index (χ0v) is 7.74. The van der Waals surface area contributed by atoms with E-state index in [4.69, 9.17) is 10.8 Å². The van der Waals surface area contributed by atoms with E-state index in [2.05, 4.69) is 16.8 Å². The number of nitrogens with two attached hydrogens (primary N) is 1. The Kier molecular flexibility index (Phi) is 3.21. The first-order valence-corrected chi connectivity index (χ1v) is 4.04. The molecular weight excluding hydrogens is 180 g/mol. The first kappa shape index (κ1) is 10.2. The van der Waals surface area contributed by atoms with Crippen LogP contribution in [0.1, 0.15) is 21.6 Å². The largest absolute Gasteiger partial charge is 0.476 e. The molecule has 0 saturated heterocycles. The van der Waals surface area contributed by atoms with Crippen molar-refractivity contribution in [2.45, 2.75) is 6.92 Å². The number of carbonyl (C=O) groups is 1. The van der Waals surface area contributed by atoms with Gasteiger partial charge < -0.3 is 10.8 Å². The number of carboxylic acid groups (broad SMARTS) is 1. The number of carboxylic acids is 1. The summed E-state index contributed by atoms with van der Waals surface area (Å²) in [6.45, 7) is 2.03. The van der Waals surface area contributed by atoms with Gasteiger partial charge in [0.15, 0.2) is 5.69 Å². The molecule has 3 N–H and O–H groups in total. The lowest BCUT2D eigenvalue weighted by Gasteiger charge is -1.98. The second kappa shape index (κ2) is 4.40. The van der Waals surface area contributed by atoms with E-state index in [1.807, 2.05) is 6.92 Å². The van der Waals surface area contributed by atoms with Crippen LogP contribution in [0, 0.1) is 18.8 Å². The molecule has 0 unspecified atom stereocenters. The quantitative estimate of drug-likeness (QED) is 0.628. The van der Waals surface area contributed by atoms with E-state index in [9.17, 15) is 4.79 Å². The standard InChI is InChI=1S/C10H10N2O2/c1-7-5-8(3-2-4-11)9(10(13)14)12-6-7/h5-6H,4,11H2,1H3,(H,13,14). The summed E-state index contributed by atoms with van der Waals surface area (Å²) in [6.07, 6.45) is 1.50. The highest BCUT2D eigenvalue weighted by Crippen LogP contribution is 2.06. The fourth-order valence-corrected chi connectivity index (χ4v) is 0.981. The monoisotopic (exact) mass is 190 g/mol. The fourth-order valence-electron chi connectivity index (χ4n) is 0.981. The molecule has 0 atom stereocenters. The van der Waals surface area contributed by atoms with Gasteiger partial charge in [-0.15, -0.1) is 0 Å². The second-order valence-electron chi connectivity index (χ2n) is 2.72. The molecule has 0 aliphatic carbocycles. The molecule has 1 heterocycles. The summed E-state index contributed by atoms with van der Waals surface area (Å²) in [7, 11) is 0. The Bertz CT molecular complexity index is 416. The molecule has 1 aromatic heterocycles. The van der Waals surface area contributed by atoms with Crippen molar-refractivity contribution in [2.24, 2.45) is 5.73 Å². The van der Waals surface area contributed by atoms with Crippen LogP contribution in [0.5, 0.6) is 0 Å². The lowest BCUT2D eigenvalue weighted by molar-refractivity contribution is 0.0690. The number of aromatic nitrogens is 1. The van der Waals surface area contributed by atoms with Gasteiger partial charge in [-0.25, -0.2) is 9.78 Å². The van der Waals surface area contributed by atoms with E-state index in [0.29, 0.717) is 5.56 Å². The van der Waals surface area contributed by atoms with E-state index in [1.165, 1.54) is 6.20 Å². The summed E-state index contributed by atoms with van der Waals surface area (Å²) in [4.78, 5) is 14.5. The number of rotatable bonds is 1. The van der Waals surface area contributed by atoms with Gasteiger partial charge in [-0.1, -0.05) is 11.8 Å². The molecule has 1 aromatic rings. The van der Waals surface area contributed by atoms with Gasteiger partial charge in [0.05, 0.1) is 12.1 Å². The fraction of sp³-hybridized carbons (Fsp3) is 0.200. The van der Waals surface area contributed by atoms with Gasteiger partial charge in [0.25, 0.3) is 0 Å². The highest BCUT2D eigenvalue weighted by molar-refractivity contribution is 5.88. The highest BCUT2D eigenvalue weighted by Gasteiger charge is 2.09. The zero-order chi connectivity index (χ0) is 10.6. The number of aryl methyl sites for hydroxylation is 1. The van der Waals surface area contributed by atoms with Crippen molar-refractivity contribution in [3.8, 4) is 11.8 Å². The predicted molar refractivity (Wildman–Crippen MR) is 51.9 cm³/mol. The molecule has 0 radical (unpaired) electrons. The minimum Gasteiger partial charge on any atom is -0.476 e. The van der Waals surface area contributed by atoms with Crippen molar-refractivity contribution in [3.63, 3.8) is 0 Å². The number of hydrogen-bond acceptors (Lipinski definition) is 3. The van der Waals surface area contributed by atoms with Crippen LogP contribution in [0.4, 0.5) is 0 Å². The average Bonchev–Trinajstić information content (AvgIpc) is 2.14. The van der Waals surface area contributed by atoms with Crippen molar-refractivity contribution >= 4 is 5.97 Å². The van der Waals surface area contributed by atoms with Crippen LogP contribution in [-0.4, -0.2) is 22.6 Å². The normalized spacial score (nSPS) is 9.00. The molecule has 0 aliphatic heterocycles. The minimum atomic E-state index is -1.08.